The van der Waals surface area contributed by atoms with Crippen LogP contribution in [0.3, 0.4) is 0 Å². The molecule has 1 fully saturated rings. The molecule has 3 rings (SSSR count). The molecule has 1 aromatic heterocycles. The standard InChI is InChI=1S/C21H23F2NO4/c22-18-13-15(14-19(23)20(18)27-10-3-1-2-9-25)17-5-4-8-24-21(17)28-16-6-11-26-12-7-16/h4-5,8-9,13-14,16H,1-3,6-7,10-12H2. The Balaban J connectivity index is 1.75. The summed E-state index contributed by atoms with van der Waals surface area (Å²) in [5, 5.41) is 0. The molecule has 0 unspecified atom stereocenters. The lowest BCUT2D eigenvalue weighted by Gasteiger charge is -2.23. The largest absolute Gasteiger partial charge is 0.488 e. The van der Waals surface area contributed by atoms with E-state index in [-0.39, 0.29) is 12.7 Å². The Morgan fingerprint density at radius 3 is 2.64 bits per heavy atom. The van der Waals surface area contributed by atoms with E-state index >= 15 is 0 Å². The summed E-state index contributed by atoms with van der Waals surface area (Å²) < 4.78 is 45.4. The lowest BCUT2D eigenvalue weighted by Crippen LogP contribution is -2.26. The number of ether oxygens (including phenoxy) is 3. The average molecular weight is 391 g/mol. The SMILES string of the molecule is O=CCCCCOc1c(F)cc(-c2cccnc2OC2CCOCC2)cc1F. The Bertz CT molecular complexity index is 771. The number of nitrogens with zero attached hydrogens (tertiary/aromatic N) is 1. The van der Waals surface area contributed by atoms with E-state index in [1.54, 1.807) is 18.3 Å². The molecular weight excluding hydrogens is 368 g/mol. The predicted octanol–water partition coefficient (Wildman–Crippen LogP) is 4.33. The fraction of sp³-hybridized carbons (Fsp3) is 0.429. The van der Waals surface area contributed by atoms with E-state index < -0.39 is 17.4 Å². The molecule has 5 nitrogen and oxygen atoms in total. The Morgan fingerprint density at radius 1 is 1.18 bits per heavy atom. The molecule has 0 bridgehead atoms. The highest BCUT2D eigenvalue weighted by Gasteiger charge is 2.20. The van der Waals surface area contributed by atoms with Crippen LogP contribution in [0.4, 0.5) is 8.78 Å². The maximum Gasteiger partial charge on any atom is 0.221 e. The summed E-state index contributed by atoms with van der Waals surface area (Å²) in [6.07, 6.45) is 5.42. The van der Waals surface area contributed by atoms with Crippen LogP contribution in [0, 0.1) is 11.6 Å². The second-order valence-electron chi connectivity index (χ2n) is 6.57. The Hall–Kier alpha value is -2.54. The molecule has 0 atom stereocenters. The van der Waals surface area contributed by atoms with Crippen molar-refractivity contribution in [2.45, 2.75) is 38.2 Å². The molecule has 2 aromatic rings. The fourth-order valence-electron chi connectivity index (χ4n) is 3.01. The molecule has 150 valence electrons. The summed E-state index contributed by atoms with van der Waals surface area (Å²) in [5.41, 5.74) is 0.850. The summed E-state index contributed by atoms with van der Waals surface area (Å²) in [7, 11) is 0. The summed E-state index contributed by atoms with van der Waals surface area (Å²) in [6.45, 7) is 1.38. The Kier molecular flexibility index (Phi) is 7.31. The van der Waals surface area contributed by atoms with Gasteiger partial charge in [-0.1, -0.05) is 0 Å². The molecule has 0 spiro atoms. The van der Waals surface area contributed by atoms with Crippen LogP contribution in [0.25, 0.3) is 11.1 Å². The van der Waals surface area contributed by atoms with Gasteiger partial charge >= 0.3 is 0 Å². The van der Waals surface area contributed by atoms with Gasteiger partial charge in [-0.25, -0.2) is 13.8 Å². The average Bonchev–Trinajstić information content (AvgIpc) is 2.70. The third kappa shape index (κ3) is 5.25. The van der Waals surface area contributed by atoms with Crippen LogP contribution >= 0.6 is 0 Å². The lowest BCUT2D eigenvalue weighted by molar-refractivity contribution is -0.107. The number of pyridine rings is 1. The molecular formula is C21H23F2NO4. The third-order valence-electron chi connectivity index (χ3n) is 4.49. The number of benzene rings is 1. The predicted molar refractivity (Wildman–Crippen MR) is 99.5 cm³/mol. The Morgan fingerprint density at radius 2 is 1.93 bits per heavy atom. The monoisotopic (exact) mass is 391 g/mol. The van der Waals surface area contributed by atoms with Crippen LogP contribution in [0.1, 0.15) is 32.1 Å². The number of carbonyl (C=O) groups excluding carboxylic acids is 1. The maximum absolute atomic E-state index is 14.5. The van der Waals surface area contributed by atoms with E-state index in [1.165, 1.54) is 12.1 Å². The second kappa shape index (κ2) is 10.1. The molecule has 0 amide bonds. The van der Waals surface area contributed by atoms with E-state index in [2.05, 4.69) is 4.98 Å². The van der Waals surface area contributed by atoms with Crippen molar-refractivity contribution >= 4 is 6.29 Å². The Labute approximate surface area is 162 Å². The molecule has 0 N–H and O–H groups in total. The van der Waals surface area contributed by atoms with Crippen LogP contribution in [0.2, 0.25) is 0 Å². The first-order valence-electron chi connectivity index (χ1n) is 9.44. The number of aldehydes is 1. The summed E-state index contributed by atoms with van der Waals surface area (Å²) in [5.74, 6) is -1.64. The molecule has 1 saturated heterocycles. The number of aromatic nitrogens is 1. The van der Waals surface area contributed by atoms with Crippen molar-refractivity contribution in [3.63, 3.8) is 0 Å². The van der Waals surface area contributed by atoms with Crippen molar-refractivity contribution in [1.82, 2.24) is 4.98 Å². The molecule has 0 radical (unpaired) electrons. The number of halogens is 2. The van der Waals surface area contributed by atoms with E-state index in [4.69, 9.17) is 14.2 Å². The van der Waals surface area contributed by atoms with Gasteiger partial charge in [-0.15, -0.1) is 0 Å². The van der Waals surface area contributed by atoms with Gasteiger partial charge in [-0.2, -0.15) is 0 Å². The second-order valence-corrected chi connectivity index (χ2v) is 6.57. The zero-order chi connectivity index (χ0) is 19.8. The highest BCUT2D eigenvalue weighted by Crippen LogP contribution is 2.34. The summed E-state index contributed by atoms with van der Waals surface area (Å²) >= 11 is 0. The van der Waals surface area contributed by atoms with Crippen LogP contribution in [-0.2, 0) is 9.53 Å². The smallest absolute Gasteiger partial charge is 0.221 e. The van der Waals surface area contributed by atoms with E-state index in [9.17, 15) is 13.6 Å². The quantitative estimate of drug-likeness (QED) is 0.470. The van der Waals surface area contributed by atoms with E-state index in [0.717, 1.165) is 19.1 Å². The molecule has 1 aliphatic rings. The molecule has 0 aliphatic carbocycles. The van der Waals surface area contributed by atoms with Crippen LogP contribution < -0.4 is 9.47 Å². The highest BCUT2D eigenvalue weighted by molar-refractivity contribution is 5.69. The number of hydrogen-bond donors (Lipinski definition) is 0. The van der Waals surface area contributed by atoms with E-state index in [1.807, 2.05) is 0 Å². The third-order valence-corrected chi connectivity index (χ3v) is 4.49. The number of hydrogen-bond acceptors (Lipinski definition) is 5. The van der Waals surface area contributed by atoms with Crippen molar-refractivity contribution < 1.29 is 27.8 Å². The zero-order valence-corrected chi connectivity index (χ0v) is 15.5. The normalized spacial score (nSPS) is 14.6. The minimum atomic E-state index is -0.786. The molecule has 1 aromatic carbocycles. The minimum Gasteiger partial charge on any atom is -0.488 e. The molecule has 1 aliphatic heterocycles. The lowest BCUT2D eigenvalue weighted by atomic mass is 10.1. The van der Waals surface area contributed by atoms with Crippen molar-refractivity contribution in [3.8, 4) is 22.8 Å². The van der Waals surface area contributed by atoms with Gasteiger partial charge in [0.2, 0.25) is 5.88 Å². The first kappa shape index (κ1) is 20.2. The van der Waals surface area contributed by atoms with Gasteiger partial charge in [0.15, 0.2) is 17.4 Å². The van der Waals surface area contributed by atoms with Crippen molar-refractivity contribution in [2.24, 2.45) is 0 Å². The number of rotatable bonds is 9. The molecule has 2 heterocycles. The van der Waals surface area contributed by atoms with E-state index in [0.29, 0.717) is 49.5 Å². The van der Waals surface area contributed by atoms with Gasteiger partial charge in [0.25, 0.3) is 0 Å². The molecule has 28 heavy (non-hydrogen) atoms. The molecule has 7 heteroatoms. The number of unbranched alkanes of at least 4 members (excludes halogenated alkanes) is 2. The zero-order valence-electron chi connectivity index (χ0n) is 15.5. The van der Waals surface area contributed by atoms with Crippen LogP contribution in [-0.4, -0.2) is 37.2 Å². The first-order valence-corrected chi connectivity index (χ1v) is 9.44. The van der Waals surface area contributed by atoms with Gasteiger partial charge in [0.1, 0.15) is 12.4 Å². The van der Waals surface area contributed by atoms with Crippen LogP contribution in [0.5, 0.6) is 11.6 Å². The molecule has 0 saturated carbocycles. The van der Waals surface area contributed by atoms with Gasteiger partial charge in [0.05, 0.1) is 19.8 Å². The topological polar surface area (TPSA) is 57.7 Å². The number of carbonyl (C=O) groups is 1. The van der Waals surface area contributed by atoms with Gasteiger partial charge in [0, 0.05) is 31.0 Å². The van der Waals surface area contributed by atoms with Crippen molar-refractivity contribution in [2.75, 3.05) is 19.8 Å². The summed E-state index contributed by atoms with van der Waals surface area (Å²) in [4.78, 5) is 14.5. The maximum atomic E-state index is 14.5. The minimum absolute atomic E-state index is 0.0360. The first-order chi connectivity index (χ1) is 13.7. The van der Waals surface area contributed by atoms with Crippen LogP contribution in [0.15, 0.2) is 30.5 Å². The van der Waals surface area contributed by atoms with Crippen molar-refractivity contribution in [1.29, 1.82) is 0 Å². The summed E-state index contributed by atoms with van der Waals surface area (Å²) in [6, 6.07) is 5.85. The fourth-order valence-corrected chi connectivity index (χ4v) is 3.01. The van der Waals surface area contributed by atoms with Crippen molar-refractivity contribution in [3.05, 3.63) is 42.1 Å². The van der Waals surface area contributed by atoms with Gasteiger partial charge < -0.3 is 19.0 Å². The van der Waals surface area contributed by atoms with Gasteiger partial charge in [-0.05, 0) is 42.7 Å². The highest BCUT2D eigenvalue weighted by atomic mass is 19.1. The van der Waals surface area contributed by atoms with Gasteiger partial charge in [-0.3, -0.25) is 0 Å².